The standard InChI is InChI=1S/C19H21N3OS.C3H8/c1-4-5-6-15-13(2)21-9-16(15)18-12-24-19(22-18)17(20-3)11-23-10-14-7-8-14;1-3-2/h4-6,9,11-12,14,21H,1,3,7-8,10H2,2H3;3H2,1-2H3/b6-5-,17-11-;. The summed E-state index contributed by atoms with van der Waals surface area (Å²) < 4.78 is 5.60. The van der Waals surface area contributed by atoms with Crippen molar-refractivity contribution < 1.29 is 4.74 Å². The highest BCUT2D eigenvalue weighted by Gasteiger charge is 2.21. The molecule has 144 valence electrons. The van der Waals surface area contributed by atoms with Crippen LogP contribution in [0.2, 0.25) is 0 Å². The summed E-state index contributed by atoms with van der Waals surface area (Å²) in [5.41, 5.74) is 4.88. The number of nitrogens with zero attached hydrogens (tertiary/aromatic N) is 2. The molecule has 0 radical (unpaired) electrons. The van der Waals surface area contributed by atoms with Crippen molar-refractivity contribution in [3.8, 4) is 11.3 Å². The first-order valence-electron chi connectivity index (χ1n) is 9.36. The van der Waals surface area contributed by atoms with E-state index in [2.05, 4.69) is 37.1 Å². The van der Waals surface area contributed by atoms with Crippen LogP contribution in [-0.2, 0) is 4.74 Å². The maximum atomic E-state index is 5.60. The van der Waals surface area contributed by atoms with Crippen molar-refractivity contribution in [2.75, 3.05) is 6.61 Å². The summed E-state index contributed by atoms with van der Waals surface area (Å²) in [6.07, 6.45) is 13.2. The van der Waals surface area contributed by atoms with E-state index >= 15 is 0 Å². The van der Waals surface area contributed by atoms with Gasteiger partial charge in [-0.15, -0.1) is 11.3 Å². The van der Waals surface area contributed by atoms with Gasteiger partial charge in [0.25, 0.3) is 0 Å². The molecular weight excluding hydrogens is 354 g/mol. The fourth-order valence-corrected chi connectivity index (χ4v) is 3.13. The first kappa shape index (κ1) is 20.9. The van der Waals surface area contributed by atoms with Gasteiger partial charge in [-0.05, 0) is 32.4 Å². The van der Waals surface area contributed by atoms with Crippen LogP contribution in [0.3, 0.4) is 0 Å². The summed E-state index contributed by atoms with van der Waals surface area (Å²) in [5, 5.41) is 2.84. The van der Waals surface area contributed by atoms with Crippen LogP contribution in [0.1, 0.15) is 49.4 Å². The fraction of sp³-hybridized carbons (Fsp3) is 0.364. The van der Waals surface area contributed by atoms with E-state index in [4.69, 9.17) is 9.72 Å². The van der Waals surface area contributed by atoms with E-state index < -0.39 is 0 Å². The van der Waals surface area contributed by atoms with E-state index in [0.717, 1.165) is 34.1 Å². The molecule has 0 aromatic carbocycles. The largest absolute Gasteiger partial charge is 0.499 e. The number of aliphatic imine (C=N–C) groups is 1. The van der Waals surface area contributed by atoms with E-state index in [1.165, 1.54) is 19.3 Å². The number of aromatic nitrogens is 2. The number of aryl methyl sites for hydroxylation is 1. The Morgan fingerprint density at radius 3 is 2.81 bits per heavy atom. The molecule has 1 aliphatic rings. The Morgan fingerprint density at radius 1 is 1.44 bits per heavy atom. The first-order chi connectivity index (χ1) is 13.1. The molecule has 0 atom stereocenters. The summed E-state index contributed by atoms with van der Waals surface area (Å²) in [6, 6.07) is 0. The highest BCUT2D eigenvalue weighted by Crippen LogP contribution is 2.32. The van der Waals surface area contributed by atoms with Gasteiger partial charge in [0.2, 0.25) is 0 Å². The van der Waals surface area contributed by atoms with Crippen LogP contribution in [0.25, 0.3) is 23.0 Å². The molecule has 27 heavy (non-hydrogen) atoms. The van der Waals surface area contributed by atoms with Gasteiger partial charge in [-0.2, -0.15) is 0 Å². The summed E-state index contributed by atoms with van der Waals surface area (Å²) in [6.45, 7) is 14.4. The van der Waals surface area contributed by atoms with Crippen LogP contribution in [0, 0.1) is 12.8 Å². The van der Waals surface area contributed by atoms with E-state index in [1.807, 2.05) is 30.7 Å². The molecule has 2 aromatic rings. The van der Waals surface area contributed by atoms with Gasteiger partial charge in [0.05, 0.1) is 12.3 Å². The van der Waals surface area contributed by atoms with Crippen LogP contribution in [0.5, 0.6) is 0 Å². The average molecular weight is 384 g/mol. The third-order valence-electron chi connectivity index (χ3n) is 3.92. The smallest absolute Gasteiger partial charge is 0.145 e. The third-order valence-corrected chi connectivity index (χ3v) is 4.78. The maximum Gasteiger partial charge on any atom is 0.145 e. The molecule has 4 nitrogen and oxygen atoms in total. The van der Waals surface area contributed by atoms with E-state index in [9.17, 15) is 0 Å². The molecule has 1 aliphatic carbocycles. The molecule has 1 saturated carbocycles. The molecule has 0 aliphatic heterocycles. The highest BCUT2D eigenvalue weighted by atomic mass is 32.1. The Morgan fingerprint density at radius 2 is 2.19 bits per heavy atom. The van der Waals surface area contributed by atoms with Crippen molar-refractivity contribution in [3.05, 3.63) is 52.8 Å². The van der Waals surface area contributed by atoms with Crippen molar-refractivity contribution in [2.24, 2.45) is 10.9 Å². The van der Waals surface area contributed by atoms with Crippen LogP contribution in [0.15, 0.2) is 41.6 Å². The highest BCUT2D eigenvalue weighted by molar-refractivity contribution is 7.11. The summed E-state index contributed by atoms with van der Waals surface area (Å²) in [4.78, 5) is 12.0. The lowest BCUT2D eigenvalue weighted by Gasteiger charge is -2.00. The molecule has 3 rings (SSSR count). The fourth-order valence-electron chi connectivity index (χ4n) is 2.35. The number of allylic oxidation sites excluding steroid dienone is 2. The minimum Gasteiger partial charge on any atom is -0.499 e. The van der Waals surface area contributed by atoms with Gasteiger partial charge < -0.3 is 9.72 Å². The van der Waals surface area contributed by atoms with E-state index in [-0.39, 0.29) is 0 Å². The minimum absolute atomic E-state index is 0.683. The van der Waals surface area contributed by atoms with Crippen molar-refractivity contribution in [3.63, 3.8) is 0 Å². The molecule has 1 fully saturated rings. The zero-order valence-electron chi connectivity index (χ0n) is 16.5. The predicted octanol–water partition coefficient (Wildman–Crippen LogP) is 6.49. The van der Waals surface area contributed by atoms with Crippen molar-refractivity contribution in [1.29, 1.82) is 0 Å². The molecule has 2 aromatic heterocycles. The van der Waals surface area contributed by atoms with Crippen molar-refractivity contribution in [1.82, 2.24) is 9.97 Å². The van der Waals surface area contributed by atoms with Gasteiger partial charge in [0.15, 0.2) is 0 Å². The van der Waals surface area contributed by atoms with Gasteiger partial charge in [0.1, 0.15) is 17.0 Å². The van der Waals surface area contributed by atoms with Crippen molar-refractivity contribution in [2.45, 2.75) is 40.0 Å². The van der Waals surface area contributed by atoms with Gasteiger partial charge in [-0.3, -0.25) is 4.99 Å². The van der Waals surface area contributed by atoms with Crippen LogP contribution in [0.4, 0.5) is 0 Å². The number of aromatic amines is 1. The van der Waals surface area contributed by atoms with E-state index in [1.54, 1.807) is 23.7 Å². The molecule has 2 heterocycles. The number of rotatable bonds is 8. The third kappa shape index (κ3) is 6.07. The summed E-state index contributed by atoms with van der Waals surface area (Å²) >= 11 is 1.54. The van der Waals surface area contributed by atoms with E-state index in [0.29, 0.717) is 11.6 Å². The number of ether oxygens (including phenoxy) is 1. The number of hydrogen-bond acceptors (Lipinski definition) is 4. The Hall–Kier alpha value is -2.40. The number of thiazole rings is 1. The maximum absolute atomic E-state index is 5.60. The first-order valence-corrected chi connectivity index (χ1v) is 10.2. The molecule has 0 amide bonds. The summed E-state index contributed by atoms with van der Waals surface area (Å²) in [5.74, 6) is 0.709. The zero-order chi connectivity index (χ0) is 19.6. The minimum atomic E-state index is 0.683. The average Bonchev–Trinajstić information content (AvgIpc) is 3.23. The van der Waals surface area contributed by atoms with Crippen molar-refractivity contribution >= 4 is 29.8 Å². The second-order valence-corrected chi connectivity index (χ2v) is 7.38. The van der Waals surface area contributed by atoms with Crippen LogP contribution in [-0.4, -0.2) is 23.3 Å². The Balaban J connectivity index is 0.000000817. The van der Waals surface area contributed by atoms with Crippen LogP contribution < -0.4 is 0 Å². The molecule has 0 unspecified atom stereocenters. The Labute approximate surface area is 166 Å². The SMILES string of the molecule is C=C/C=C\c1c(-c2csc(/C(=C/OCC3CC3)N=C)n2)c[nH]c1C.CCC. The second kappa shape index (κ2) is 10.7. The lowest BCUT2D eigenvalue weighted by atomic mass is 10.1. The Bertz CT molecular complexity index is 809. The normalized spacial score (nSPS) is 14.0. The zero-order valence-corrected chi connectivity index (χ0v) is 17.3. The monoisotopic (exact) mass is 383 g/mol. The number of hydrogen-bond donors (Lipinski definition) is 1. The van der Waals surface area contributed by atoms with Gasteiger partial charge in [0, 0.05) is 28.4 Å². The van der Waals surface area contributed by atoms with Gasteiger partial charge >= 0.3 is 0 Å². The van der Waals surface area contributed by atoms with Gasteiger partial charge in [-0.1, -0.05) is 45.1 Å². The second-order valence-electron chi connectivity index (χ2n) is 6.52. The topological polar surface area (TPSA) is 50.3 Å². The number of H-pyrrole nitrogens is 1. The lowest BCUT2D eigenvalue weighted by Crippen LogP contribution is -1.90. The van der Waals surface area contributed by atoms with Crippen LogP contribution >= 0.6 is 11.3 Å². The molecule has 0 bridgehead atoms. The Kier molecular flexibility index (Phi) is 8.27. The lowest BCUT2D eigenvalue weighted by molar-refractivity contribution is 0.236. The predicted molar refractivity (Wildman–Crippen MR) is 118 cm³/mol. The molecular formula is C22H29N3OS. The molecule has 5 heteroatoms. The molecule has 0 spiro atoms. The van der Waals surface area contributed by atoms with Gasteiger partial charge in [-0.25, -0.2) is 4.98 Å². The molecule has 0 saturated heterocycles. The quantitative estimate of drug-likeness (QED) is 0.322. The number of nitrogens with one attached hydrogen (secondary N) is 1. The summed E-state index contributed by atoms with van der Waals surface area (Å²) in [7, 11) is 0. The molecule has 1 N–H and O–H groups in total.